The number of furan rings is 1. The van der Waals surface area contributed by atoms with E-state index in [0.29, 0.717) is 11.4 Å². The van der Waals surface area contributed by atoms with Gasteiger partial charge in [-0.2, -0.15) is 0 Å². The molecule has 0 aliphatic heterocycles. The van der Waals surface area contributed by atoms with Crippen LogP contribution in [-0.2, 0) is 16.1 Å². The van der Waals surface area contributed by atoms with Crippen molar-refractivity contribution in [2.45, 2.75) is 19.6 Å². The van der Waals surface area contributed by atoms with Crippen molar-refractivity contribution in [2.24, 2.45) is 0 Å². The second-order valence-corrected chi connectivity index (χ2v) is 5.70. The first kappa shape index (κ1) is 19.0. The molecule has 1 aromatic carbocycles. The second kappa shape index (κ2) is 8.15. The molecule has 26 heavy (non-hydrogen) atoms. The second-order valence-electron chi connectivity index (χ2n) is 5.70. The molecule has 2 rings (SSSR count). The molecule has 0 saturated carbocycles. The maximum absolute atomic E-state index is 12.2. The summed E-state index contributed by atoms with van der Waals surface area (Å²) < 4.78 is 10.2. The molecule has 9 nitrogen and oxygen atoms in total. The number of rotatable bonds is 7. The van der Waals surface area contributed by atoms with Crippen molar-refractivity contribution in [1.82, 2.24) is 5.32 Å². The Bertz CT molecular complexity index is 801. The number of carbonyl (C=O) groups excluding carboxylic acids is 2. The van der Waals surface area contributed by atoms with Crippen LogP contribution < -0.4 is 10.2 Å². The minimum absolute atomic E-state index is 0.00650. The number of nitro benzene ring substituents is 1. The van der Waals surface area contributed by atoms with E-state index in [1.165, 1.54) is 25.3 Å². The van der Waals surface area contributed by atoms with Crippen molar-refractivity contribution in [1.29, 1.82) is 0 Å². The summed E-state index contributed by atoms with van der Waals surface area (Å²) in [7, 11) is 3.32. The van der Waals surface area contributed by atoms with E-state index in [2.05, 4.69) is 5.32 Å². The van der Waals surface area contributed by atoms with Crippen LogP contribution >= 0.6 is 0 Å². The van der Waals surface area contributed by atoms with E-state index in [4.69, 9.17) is 9.15 Å². The molecule has 0 saturated heterocycles. The number of anilines is 1. The molecule has 0 spiro atoms. The fourth-order valence-electron chi connectivity index (χ4n) is 2.19. The number of nitrogens with one attached hydrogen (secondary N) is 1. The van der Waals surface area contributed by atoms with Crippen molar-refractivity contribution in [3.63, 3.8) is 0 Å². The Morgan fingerprint density at radius 1 is 1.35 bits per heavy atom. The van der Waals surface area contributed by atoms with Crippen molar-refractivity contribution < 1.29 is 23.7 Å². The fraction of sp³-hybridized carbons (Fsp3) is 0.294. The highest BCUT2D eigenvalue weighted by molar-refractivity contribution is 5.93. The van der Waals surface area contributed by atoms with Gasteiger partial charge in [0.25, 0.3) is 11.6 Å². The quantitative estimate of drug-likeness (QED) is 0.456. The molecule has 1 amide bonds. The molecule has 138 valence electrons. The number of nitro groups is 1. The van der Waals surface area contributed by atoms with Crippen molar-refractivity contribution >= 4 is 23.3 Å². The first-order chi connectivity index (χ1) is 12.3. The summed E-state index contributed by atoms with van der Waals surface area (Å²) in [4.78, 5) is 36.3. The molecule has 1 heterocycles. The summed E-state index contributed by atoms with van der Waals surface area (Å²) in [6.45, 7) is 1.58. The number of esters is 1. The van der Waals surface area contributed by atoms with Gasteiger partial charge in [-0.15, -0.1) is 0 Å². The molecule has 2 aromatic rings. The summed E-state index contributed by atoms with van der Waals surface area (Å²) >= 11 is 0. The van der Waals surface area contributed by atoms with Gasteiger partial charge in [0.2, 0.25) is 0 Å². The average molecular weight is 361 g/mol. The molecule has 1 atom stereocenters. The molecule has 0 aliphatic rings. The molecule has 0 aliphatic carbocycles. The third-order valence-corrected chi connectivity index (χ3v) is 3.56. The zero-order chi connectivity index (χ0) is 19.3. The smallest absolute Gasteiger partial charge is 0.339 e. The summed E-state index contributed by atoms with van der Waals surface area (Å²) in [5.41, 5.74) is 0.128. The molecular formula is C17H19N3O6. The van der Waals surface area contributed by atoms with Crippen LogP contribution in [-0.4, -0.2) is 37.0 Å². The lowest BCUT2D eigenvalue weighted by Gasteiger charge is -2.15. The average Bonchev–Trinajstić information content (AvgIpc) is 3.12. The molecule has 1 N–H and O–H groups in total. The standard InChI is InChI=1S/C17H19N3O6/c1-11(16(21)18-10-13-5-4-8-25-13)26-17(22)12-6-7-14(19(2)3)15(9-12)20(23)24/h4-9,11H,10H2,1-3H3,(H,18,21)/t11-/m0/s1. The molecule has 0 fully saturated rings. The van der Waals surface area contributed by atoms with E-state index < -0.39 is 22.9 Å². The normalized spacial score (nSPS) is 11.5. The molecule has 9 heteroatoms. The Kier molecular flexibility index (Phi) is 5.94. The van der Waals surface area contributed by atoms with Gasteiger partial charge in [0.05, 0.1) is 23.3 Å². The van der Waals surface area contributed by atoms with Gasteiger partial charge in [-0.1, -0.05) is 0 Å². The van der Waals surface area contributed by atoms with E-state index in [-0.39, 0.29) is 17.8 Å². The molecule has 0 bridgehead atoms. The number of nitrogens with zero attached hydrogens (tertiary/aromatic N) is 2. The Balaban J connectivity index is 2.03. The zero-order valence-electron chi connectivity index (χ0n) is 14.6. The number of hydrogen-bond acceptors (Lipinski definition) is 7. The molecule has 1 aromatic heterocycles. The predicted octanol–water partition coefficient (Wildman–Crippen LogP) is 2.12. The largest absolute Gasteiger partial charge is 0.467 e. The summed E-state index contributed by atoms with van der Waals surface area (Å²) in [5.74, 6) is -0.764. The van der Waals surface area contributed by atoms with Crippen LogP contribution in [0.1, 0.15) is 23.0 Å². The zero-order valence-corrected chi connectivity index (χ0v) is 14.6. The Labute approximate surface area is 149 Å². The van der Waals surface area contributed by atoms with Crippen LogP contribution in [0.25, 0.3) is 0 Å². The van der Waals surface area contributed by atoms with Crippen LogP contribution in [0.5, 0.6) is 0 Å². The maximum Gasteiger partial charge on any atom is 0.339 e. The third kappa shape index (κ3) is 4.59. The van der Waals surface area contributed by atoms with Crippen LogP contribution in [0.3, 0.4) is 0 Å². The summed E-state index contributed by atoms with van der Waals surface area (Å²) in [5, 5.41) is 13.8. The van der Waals surface area contributed by atoms with Gasteiger partial charge in [-0.05, 0) is 31.2 Å². The minimum atomic E-state index is -1.06. The fourth-order valence-corrected chi connectivity index (χ4v) is 2.19. The predicted molar refractivity (Wildman–Crippen MR) is 92.9 cm³/mol. The van der Waals surface area contributed by atoms with Gasteiger partial charge in [-0.3, -0.25) is 14.9 Å². The third-order valence-electron chi connectivity index (χ3n) is 3.56. The number of ether oxygens (including phenoxy) is 1. The van der Waals surface area contributed by atoms with E-state index in [1.54, 1.807) is 31.1 Å². The lowest BCUT2D eigenvalue weighted by molar-refractivity contribution is -0.384. The Morgan fingerprint density at radius 3 is 2.65 bits per heavy atom. The Hall–Kier alpha value is -3.36. The lowest BCUT2D eigenvalue weighted by atomic mass is 10.1. The monoisotopic (exact) mass is 361 g/mol. The van der Waals surface area contributed by atoms with Crippen LogP contribution in [0.2, 0.25) is 0 Å². The first-order valence-corrected chi connectivity index (χ1v) is 7.76. The van der Waals surface area contributed by atoms with E-state index >= 15 is 0 Å². The minimum Gasteiger partial charge on any atom is -0.467 e. The maximum atomic E-state index is 12.2. The van der Waals surface area contributed by atoms with E-state index in [0.717, 1.165) is 6.07 Å². The SMILES string of the molecule is C[C@H](OC(=O)c1ccc(N(C)C)c([N+](=O)[O-])c1)C(=O)NCc1ccco1. The molecule has 0 unspecified atom stereocenters. The van der Waals surface area contributed by atoms with Gasteiger partial charge in [-0.25, -0.2) is 4.79 Å². The van der Waals surface area contributed by atoms with Crippen molar-refractivity contribution in [3.8, 4) is 0 Å². The van der Waals surface area contributed by atoms with Crippen molar-refractivity contribution in [3.05, 3.63) is 58.0 Å². The summed E-state index contributed by atoms with van der Waals surface area (Å²) in [6.07, 6.45) is 0.417. The lowest BCUT2D eigenvalue weighted by Crippen LogP contribution is -2.35. The Morgan fingerprint density at radius 2 is 2.08 bits per heavy atom. The van der Waals surface area contributed by atoms with Crippen LogP contribution in [0, 0.1) is 10.1 Å². The number of carbonyl (C=O) groups is 2. The number of amides is 1. The van der Waals surface area contributed by atoms with E-state index in [9.17, 15) is 19.7 Å². The van der Waals surface area contributed by atoms with E-state index in [1.807, 2.05) is 0 Å². The van der Waals surface area contributed by atoms with Gasteiger partial charge in [0.1, 0.15) is 11.4 Å². The molecular weight excluding hydrogens is 342 g/mol. The van der Waals surface area contributed by atoms with Gasteiger partial charge in [0, 0.05) is 20.2 Å². The highest BCUT2D eigenvalue weighted by atomic mass is 16.6. The van der Waals surface area contributed by atoms with Gasteiger partial charge in [0.15, 0.2) is 6.10 Å². The van der Waals surface area contributed by atoms with Gasteiger partial charge < -0.3 is 19.4 Å². The van der Waals surface area contributed by atoms with Crippen LogP contribution in [0.4, 0.5) is 11.4 Å². The topological polar surface area (TPSA) is 115 Å². The number of benzene rings is 1. The van der Waals surface area contributed by atoms with Gasteiger partial charge >= 0.3 is 5.97 Å². The highest BCUT2D eigenvalue weighted by Crippen LogP contribution is 2.28. The first-order valence-electron chi connectivity index (χ1n) is 7.76. The van der Waals surface area contributed by atoms with Crippen LogP contribution in [0.15, 0.2) is 41.0 Å². The number of hydrogen-bond donors (Lipinski definition) is 1. The summed E-state index contributed by atoms with van der Waals surface area (Å²) in [6, 6.07) is 7.39. The van der Waals surface area contributed by atoms with Crippen molar-refractivity contribution in [2.75, 3.05) is 19.0 Å². The molecule has 0 radical (unpaired) electrons. The highest BCUT2D eigenvalue weighted by Gasteiger charge is 2.23.